The molecule has 0 spiro atoms. The predicted octanol–water partition coefficient (Wildman–Crippen LogP) is 3.66. The summed E-state index contributed by atoms with van der Waals surface area (Å²) in [4.78, 5) is 11.8. The minimum atomic E-state index is -4.71. The van der Waals surface area contributed by atoms with Crippen LogP contribution in [-0.2, 0) is 22.7 Å². The van der Waals surface area contributed by atoms with Gasteiger partial charge in [0.15, 0.2) is 0 Å². The minimum Gasteiger partial charge on any atom is -0.365 e. The van der Waals surface area contributed by atoms with Crippen molar-refractivity contribution < 1.29 is 21.6 Å². The van der Waals surface area contributed by atoms with Crippen molar-refractivity contribution in [3.05, 3.63) is 65.5 Å². The summed E-state index contributed by atoms with van der Waals surface area (Å²) < 4.78 is 65.4. The molecule has 182 valence electrons. The molecule has 0 saturated carbocycles. The topological polar surface area (TPSA) is 126 Å². The van der Waals surface area contributed by atoms with Crippen LogP contribution in [0.5, 0.6) is 0 Å². The molecule has 0 fully saturated rings. The van der Waals surface area contributed by atoms with Crippen molar-refractivity contribution >= 4 is 33.3 Å². The Labute approximate surface area is 195 Å². The second-order valence-corrected chi connectivity index (χ2v) is 9.57. The van der Waals surface area contributed by atoms with E-state index in [4.69, 9.17) is 5.73 Å². The van der Waals surface area contributed by atoms with Crippen LogP contribution in [0.1, 0.15) is 29.7 Å². The first-order chi connectivity index (χ1) is 15.9. The van der Waals surface area contributed by atoms with Gasteiger partial charge in [-0.25, -0.2) is 18.4 Å². The Balaban J connectivity index is 1.89. The first kappa shape index (κ1) is 25.2. The highest BCUT2D eigenvalue weighted by Crippen LogP contribution is 2.34. The summed E-state index contributed by atoms with van der Waals surface area (Å²) in [5.74, 6) is -0.426. The first-order valence-electron chi connectivity index (χ1n) is 10.0. The summed E-state index contributed by atoms with van der Waals surface area (Å²) in [5.41, 5.74) is 6.59. The van der Waals surface area contributed by atoms with Gasteiger partial charge < -0.3 is 16.4 Å². The highest BCUT2D eigenvalue weighted by molar-refractivity contribution is 7.92. The largest absolute Gasteiger partial charge is 0.421 e. The van der Waals surface area contributed by atoms with Gasteiger partial charge in [0.05, 0.1) is 6.26 Å². The molecule has 0 aliphatic heterocycles. The number of nitrogens with one attached hydrogen (secondary N) is 2. The number of halogens is 3. The standard InChI is InChI=1S/C21H24F3N7O2S/c1-13(25)14-6-8-16(9-7-14)29-20-28-12-17(21(22,23)24)18(30-20)27-11-15-5-4-10-26-19(15)31(2)34(3,32)33/h4-10,12-13H,11,25H2,1-3H3,(H2,27,28,29,30)/t13-/m1/s1. The number of nitrogens with zero attached hydrogens (tertiary/aromatic N) is 4. The van der Waals surface area contributed by atoms with E-state index in [0.717, 1.165) is 16.1 Å². The van der Waals surface area contributed by atoms with Crippen molar-refractivity contribution in [2.24, 2.45) is 5.73 Å². The Kier molecular flexibility index (Phi) is 7.26. The molecule has 2 heterocycles. The molecule has 3 aromatic rings. The van der Waals surface area contributed by atoms with Crippen LogP contribution in [0.15, 0.2) is 48.8 Å². The van der Waals surface area contributed by atoms with Crippen LogP contribution in [0.4, 0.5) is 36.4 Å². The summed E-state index contributed by atoms with van der Waals surface area (Å²) >= 11 is 0. The fourth-order valence-electron chi connectivity index (χ4n) is 2.97. The highest BCUT2D eigenvalue weighted by Gasteiger charge is 2.35. The molecule has 1 atom stereocenters. The van der Waals surface area contributed by atoms with Gasteiger partial charge in [0.2, 0.25) is 16.0 Å². The third-order valence-corrected chi connectivity index (χ3v) is 6.06. The fraction of sp³-hybridized carbons (Fsp3) is 0.286. The van der Waals surface area contributed by atoms with Gasteiger partial charge in [-0.3, -0.25) is 4.31 Å². The maximum atomic E-state index is 13.6. The van der Waals surface area contributed by atoms with Crippen molar-refractivity contribution in [3.63, 3.8) is 0 Å². The molecule has 2 aromatic heterocycles. The molecule has 0 bridgehead atoms. The SMILES string of the molecule is C[C@@H](N)c1ccc(Nc2ncc(C(F)(F)F)c(NCc3cccnc3N(C)S(C)(=O)=O)n2)cc1. The molecular formula is C21H24F3N7O2S. The van der Waals surface area contributed by atoms with Crippen molar-refractivity contribution in [2.45, 2.75) is 25.7 Å². The first-order valence-corrected chi connectivity index (χ1v) is 11.9. The lowest BCUT2D eigenvalue weighted by Gasteiger charge is -2.20. The van der Waals surface area contributed by atoms with E-state index < -0.39 is 27.6 Å². The van der Waals surface area contributed by atoms with E-state index in [1.165, 1.54) is 13.2 Å². The second kappa shape index (κ2) is 9.81. The minimum absolute atomic E-state index is 0.0521. The van der Waals surface area contributed by atoms with Gasteiger partial charge in [-0.1, -0.05) is 18.2 Å². The van der Waals surface area contributed by atoms with Crippen LogP contribution >= 0.6 is 0 Å². The number of benzene rings is 1. The molecule has 4 N–H and O–H groups in total. The van der Waals surface area contributed by atoms with Crippen LogP contribution < -0.4 is 20.7 Å². The second-order valence-electron chi connectivity index (χ2n) is 7.56. The summed E-state index contributed by atoms with van der Waals surface area (Å²) in [7, 11) is -2.31. The molecule has 13 heteroatoms. The molecule has 0 radical (unpaired) electrons. The van der Waals surface area contributed by atoms with Crippen molar-refractivity contribution in [1.82, 2.24) is 15.0 Å². The fourth-order valence-corrected chi connectivity index (χ4v) is 3.45. The monoisotopic (exact) mass is 495 g/mol. The van der Waals surface area contributed by atoms with Crippen LogP contribution in [0.2, 0.25) is 0 Å². The predicted molar refractivity (Wildman–Crippen MR) is 124 cm³/mol. The van der Waals surface area contributed by atoms with Gasteiger partial charge >= 0.3 is 6.18 Å². The Morgan fingerprint density at radius 1 is 1.15 bits per heavy atom. The van der Waals surface area contributed by atoms with Gasteiger partial charge in [0, 0.05) is 43.3 Å². The summed E-state index contributed by atoms with van der Waals surface area (Å²) in [5, 5.41) is 5.51. The number of sulfonamides is 1. The van der Waals surface area contributed by atoms with Crippen LogP contribution in [0, 0.1) is 0 Å². The average Bonchev–Trinajstić information content (AvgIpc) is 2.76. The number of hydrogen-bond donors (Lipinski definition) is 3. The number of nitrogens with two attached hydrogens (primary N) is 1. The summed E-state index contributed by atoms with van der Waals surface area (Å²) in [6.07, 6.45) is -1.63. The Bertz CT molecular complexity index is 1250. The van der Waals surface area contributed by atoms with Crippen LogP contribution in [0.3, 0.4) is 0 Å². The number of aromatic nitrogens is 3. The zero-order valence-corrected chi connectivity index (χ0v) is 19.4. The number of alkyl halides is 3. The molecule has 1 aromatic carbocycles. The molecular weight excluding hydrogens is 471 g/mol. The molecule has 0 amide bonds. The van der Waals surface area contributed by atoms with E-state index in [1.807, 2.05) is 6.92 Å². The number of hydrogen-bond acceptors (Lipinski definition) is 8. The normalized spacial score (nSPS) is 12.8. The maximum absolute atomic E-state index is 13.6. The van der Waals surface area contributed by atoms with Gasteiger partial charge in [-0.15, -0.1) is 0 Å². The Morgan fingerprint density at radius 3 is 2.41 bits per heavy atom. The van der Waals surface area contributed by atoms with Crippen LogP contribution in [-0.4, -0.2) is 36.7 Å². The Morgan fingerprint density at radius 2 is 1.82 bits per heavy atom. The third kappa shape index (κ3) is 6.11. The van der Waals surface area contributed by atoms with E-state index in [-0.39, 0.29) is 24.4 Å². The van der Waals surface area contributed by atoms with Gasteiger partial charge in [-0.05, 0) is 30.7 Å². The highest BCUT2D eigenvalue weighted by atomic mass is 32.2. The molecule has 0 unspecified atom stereocenters. The van der Waals surface area contributed by atoms with Gasteiger partial charge in [0.25, 0.3) is 0 Å². The summed E-state index contributed by atoms with van der Waals surface area (Å²) in [6, 6.07) is 9.97. The lowest BCUT2D eigenvalue weighted by Crippen LogP contribution is -2.27. The zero-order valence-electron chi connectivity index (χ0n) is 18.6. The lowest BCUT2D eigenvalue weighted by molar-refractivity contribution is -0.137. The molecule has 0 aliphatic rings. The molecule has 9 nitrogen and oxygen atoms in total. The maximum Gasteiger partial charge on any atom is 0.421 e. The molecule has 3 rings (SSSR count). The Hall–Kier alpha value is -3.45. The van der Waals surface area contributed by atoms with E-state index >= 15 is 0 Å². The third-order valence-electron chi connectivity index (χ3n) is 4.90. The van der Waals surface area contributed by atoms with E-state index in [2.05, 4.69) is 25.6 Å². The number of rotatable bonds is 8. The molecule has 34 heavy (non-hydrogen) atoms. The van der Waals surface area contributed by atoms with Crippen LogP contribution in [0.25, 0.3) is 0 Å². The van der Waals surface area contributed by atoms with Crippen molar-refractivity contribution in [2.75, 3.05) is 28.2 Å². The van der Waals surface area contributed by atoms with Gasteiger partial charge in [-0.2, -0.15) is 18.2 Å². The molecule has 0 saturated heterocycles. The smallest absolute Gasteiger partial charge is 0.365 e. The van der Waals surface area contributed by atoms with E-state index in [9.17, 15) is 21.6 Å². The number of anilines is 4. The number of pyridine rings is 1. The summed E-state index contributed by atoms with van der Waals surface area (Å²) in [6.45, 7) is 1.67. The average molecular weight is 496 g/mol. The quantitative estimate of drug-likeness (QED) is 0.432. The van der Waals surface area contributed by atoms with E-state index in [1.54, 1.807) is 36.4 Å². The van der Waals surface area contributed by atoms with Gasteiger partial charge in [0.1, 0.15) is 17.2 Å². The molecule has 0 aliphatic carbocycles. The van der Waals surface area contributed by atoms with E-state index in [0.29, 0.717) is 17.4 Å². The van der Waals surface area contributed by atoms with Crippen molar-refractivity contribution in [1.29, 1.82) is 0 Å². The van der Waals surface area contributed by atoms with Crippen molar-refractivity contribution in [3.8, 4) is 0 Å². The lowest BCUT2D eigenvalue weighted by atomic mass is 10.1. The zero-order chi connectivity index (χ0) is 25.1.